The summed E-state index contributed by atoms with van der Waals surface area (Å²) in [6.07, 6.45) is 3.25. The molecule has 10 nitrogen and oxygen atoms in total. The van der Waals surface area contributed by atoms with Crippen molar-refractivity contribution in [2.75, 3.05) is 20.5 Å². The summed E-state index contributed by atoms with van der Waals surface area (Å²) in [7, 11) is 1.41. The Hall–Kier alpha value is -3.66. The summed E-state index contributed by atoms with van der Waals surface area (Å²) in [5.41, 5.74) is 1.08. The number of carbonyl (C=O) groups is 3. The third kappa shape index (κ3) is 7.92. The topological polar surface area (TPSA) is 122 Å². The lowest BCUT2D eigenvalue weighted by Gasteiger charge is -2.31. The van der Waals surface area contributed by atoms with Crippen LogP contribution < -0.4 is 14.8 Å². The van der Waals surface area contributed by atoms with Crippen LogP contribution in [-0.2, 0) is 30.2 Å². The first kappa shape index (κ1) is 28.9. The number of nitrogens with one attached hydrogen (secondary N) is 1. The van der Waals surface area contributed by atoms with Crippen LogP contribution in [0.15, 0.2) is 42.6 Å². The molecular formula is C28H36N2O8. The highest BCUT2D eigenvalue weighted by Gasteiger charge is 2.35. The van der Waals surface area contributed by atoms with Gasteiger partial charge >= 0.3 is 11.9 Å². The zero-order valence-corrected chi connectivity index (χ0v) is 22.3. The number of benzene rings is 1. The number of pyridine rings is 1. The average Bonchev–Trinajstić information content (AvgIpc) is 2.94. The van der Waals surface area contributed by atoms with Crippen LogP contribution >= 0.6 is 0 Å². The lowest BCUT2D eigenvalue weighted by molar-refractivity contribution is -0.160. The highest BCUT2D eigenvalue weighted by Crippen LogP contribution is 2.30. The van der Waals surface area contributed by atoms with Gasteiger partial charge < -0.3 is 29.0 Å². The fourth-order valence-corrected chi connectivity index (χ4v) is 4.60. The molecule has 10 heteroatoms. The van der Waals surface area contributed by atoms with E-state index in [4.69, 9.17) is 23.7 Å². The monoisotopic (exact) mass is 528 g/mol. The highest BCUT2D eigenvalue weighted by molar-refractivity contribution is 5.98. The molecule has 1 aromatic carbocycles. The Labute approximate surface area is 223 Å². The molecule has 0 unspecified atom stereocenters. The minimum Gasteiger partial charge on any atom is -0.493 e. The molecule has 1 fully saturated rings. The SMILES string of the molecule is CCO[C@@H]1[C@@H](Cc2ccccc2)CCC[C@H](NC(=O)c2nccc(OC)c2OCOC(C)=O)C(=O)O[C@H]1C. The molecule has 2 heterocycles. The largest absolute Gasteiger partial charge is 0.493 e. The lowest BCUT2D eigenvalue weighted by Crippen LogP contribution is -2.44. The highest BCUT2D eigenvalue weighted by atomic mass is 16.7. The van der Waals surface area contributed by atoms with Crippen molar-refractivity contribution in [1.29, 1.82) is 0 Å². The Morgan fingerprint density at radius 2 is 1.92 bits per heavy atom. The number of esters is 2. The molecule has 2 aromatic rings. The van der Waals surface area contributed by atoms with Crippen molar-refractivity contribution in [3.63, 3.8) is 0 Å². The van der Waals surface area contributed by atoms with Crippen molar-refractivity contribution in [1.82, 2.24) is 10.3 Å². The zero-order chi connectivity index (χ0) is 27.5. The number of nitrogens with zero attached hydrogens (tertiary/aromatic N) is 1. The van der Waals surface area contributed by atoms with E-state index in [2.05, 4.69) is 22.4 Å². The second kappa shape index (κ2) is 14.3. The van der Waals surface area contributed by atoms with Crippen molar-refractivity contribution in [2.24, 2.45) is 5.92 Å². The Balaban J connectivity index is 1.77. The van der Waals surface area contributed by atoms with Gasteiger partial charge in [-0.2, -0.15) is 0 Å². The number of aromatic nitrogens is 1. The first-order valence-electron chi connectivity index (χ1n) is 12.8. The number of cyclic esters (lactones) is 1. The zero-order valence-electron chi connectivity index (χ0n) is 22.3. The second-order valence-electron chi connectivity index (χ2n) is 9.06. The Kier molecular flexibility index (Phi) is 10.9. The molecule has 1 aliphatic heterocycles. The molecule has 0 bridgehead atoms. The van der Waals surface area contributed by atoms with E-state index in [1.165, 1.54) is 31.9 Å². The van der Waals surface area contributed by atoms with Gasteiger partial charge in [0.1, 0.15) is 12.1 Å². The second-order valence-corrected chi connectivity index (χ2v) is 9.06. The molecule has 0 saturated carbocycles. The number of amides is 1. The van der Waals surface area contributed by atoms with Crippen molar-refractivity contribution in [3.05, 3.63) is 53.9 Å². The summed E-state index contributed by atoms with van der Waals surface area (Å²) in [4.78, 5) is 41.6. The maximum Gasteiger partial charge on any atom is 0.329 e. The van der Waals surface area contributed by atoms with Gasteiger partial charge in [0.2, 0.25) is 6.79 Å². The van der Waals surface area contributed by atoms with E-state index >= 15 is 0 Å². The predicted octanol–water partition coefficient (Wildman–Crippen LogP) is 3.47. The molecule has 1 aliphatic rings. The molecule has 0 radical (unpaired) electrons. The van der Waals surface area contributed by atoms with Gasteiger partial charge in [0.15, 0.2) is 17.2 Å². The van der Waals surface area contributed by atoms with Crippen LogP contribution in [0.4, 0.5) is 0 Å². The summed E-state index contributed by atoms with van der Waals surface area (Å²) in [5, 5.41) is 2.74. The summed E-state index contributed by atoms with van der Waals surface area (Å²) >= 11 is 0. The molecule has 206 valence electrons. The van der Waals surface area contributed by atoms with Gasteiger partial charge in [0, 0.05) is 25.8 Å². The third-order valence-corrected chi connectivity index (χ3v) is 6.36. The van der Waals surface area contributed by atoms with Crippen LogP contribution in [0.5, 0.6) is 11.5 Å². The standard InChI is InChI=1S/C28H36N2O8/c1-5-35-25-18(2)38-28(33)22(13-9-12-21(25)16-20-10-7-6-8-11-20)30-27(32)24-26(37-17-36-19(3)31)23(34-4)14-15-29-24/h6-8,10-11,14-15,18,21-22,25H,5,9,12-13,16-17H2,1-4H3,(H,30,32)/t18-,21+,22-,25-/m0/s1. The molecule has 38 heavy (non-hydrogen) atoms. The first-order valence-corrected chi connectivity index (χ1v) is 12.8. The molecule has 1 saturated heterocycles. The van der Waals surface area contributed by atoms with Crippen molar-refractivity contribution in [2.45, 2.75) is 64.7 Å². The van der Waals surface area contributed by atoms with Gasteiger partial charge in [0.05, 0.1) is 13.2 Å². The van der Waals surface area contributed by atoms with Gasteiger partial charge in [-0.05, 0) is 44.6 Å². The van der Waals surface area contributed by atoms with Crippen molar-refractivity contribution >= 4 is 17.8 Å². The summed E-state index contributed by atoms with van der Waals surface area (Å²) in [5.74, 6) is -1.36. The number of rotatable bonds is 10. The molecule has 1 aromatic heterocycles. The lowest BCUT2D eigenvalue weighted by atomic mass is 9.87. The van der Waals surface area contributed by atoms with Crippen LogP contribution in [0.25, 0.3) is 0 Å². The molecule has 1 amide bonds. The molecule has 4 atom stereocenters. The van der Waals surface area contributed by atoms with E-state index < -0.39 is 36.8 Å². The first-order chi connectivity index (χ1) is 18.3. The van der Waals surface area contributed by atoms with Gasteiger partial charge in [-0.1, -0.05) is 36.8 Å². The minimum atomic E-state index is -0.892. The van der Waals surface area contributed by atoms with Gasteiger partial charge in [-0.15, -0.1) is 0 Å². The summed E-state index contributed by atoms with van der Waals surface area (Å²) < 4.78 is 27.4. The number of methoxy groups -OCH3 is 1. The van der Waals surface area contributed by atoms with E-state index in [1.54, 1.807) is 0 Å². The van der Waals surface area contributed by atoms with Gasteiger partial charge in [0.25, 0.3) is 5.91 Å². The Bertz CT molecular complexity index is 1080. The Morgan fingerprint density at radius 1 is 1.16 bits per heavy atom. The van der Waals surface area contributed by atoms with E-state index in [1.807, 2.05) is 32.0 Å². The molecular weight excluding hydrogens is 492 g/mol. The number of ether oxygens (including phenoxy) is 5. The molecule has 3 rings (SSSR count). The van der Waals surface area contributed by atoms with Gasteiger partial charge in [-0.25, -0.2) is 9.78 Å². The smallest absolute Gasteiger partial charge is 0.329 e. The number of hydrogen-bond acceptors (Lipinski definition) is 9. The van der Waals surface area contributed by atoms with Gasteiger partial charge in [-0.3, -0.25) is 9.59 Å². The third-order valence-electron chi connectivity index (χ3n) is 6.36. The van der Waals surface area contributed by atoms with Crippen LogP contribution in [0.2, 0.25) is 0 Å². The number of hydrogen-bond donors (Lipinski definition) is 1. The van der Waals surface area contributed by atoms with Crippen molar-refractivity contribution < 1.29 is 38.1 Å². The quantitative estimate of drug-likeness (QED) is 0.365. The molecule has 0 aliphatic carbocycles. The van der Waals surface area contributed by atoms with Crippen LogP contribution in [-0.4, -0.2) is 61.6 Å². The van der Waals surface area contributed by atoms with Crippen molar-refractivity contribution in [3.8, 4) is 11.5 Å². The summed E-state index contributed by atoms with van der Waals surface area (Å²) in [6.45, 7) is 5.05. The molecule has 0 spiro atoms. The average molecular weight is 529 g/mol. The fourth-order valence-electron chi connectivity index (χ4n) is 4.60. The number of carbonyl (C=O) groups excluding carboxylic acids is 3. The van der Waals surface area contributed by atoms with E-state index in [0.29, 0.717) is 19.4 Å². The normalized spacial score (nSPS) is 21.7. The fraction of sp³-hybridized carbons (Fsp3) is 0.500. The minimum absolute atomic E-state index is 0.00196. The van der Waals surface area contributed by atoms with Crippen LogP contribution in [0.3, 0.4) is 0 Å². The Morgan fingerprint density at radius 3 is 2.61 bits per heavy atom. The van der Waals surface area contributed by atoms with E-state index in [-0.39, 0.29) is 29.2 Å². The van der Waals surface area contributed by atoms with E-state index in [0.717, 1.165) is 12.8 Å². The van der Waals surface area contributed by atoms with Crippen LogP contribution in [0, 0.1) is 5.92 Å². The predicted molar refractivity (Wildman–Crippen MR) is 138 cm³/mol. The maximum absolute atomic E-state index is 13.2. The maximum atomic E-state index is 13.2. The van der Waals surface area contributed by atoms with E-state index in [9.17, 15) is 14.4 Å². The summed E-state index contributed by atoms with van der Waals surface area (Å²) in [6, 6.07) is 10.8. The molecule has 1 N–H and O–H groups in total. The van der Waals surface area contributed by atoms with Crippen LogP contribution in [0.1, 0.15) is 56.1 Å².